The average Bonchev–Trinajstić information content (AvgIpc) is 3.53. The van der Waals surface area contributed by atoms with Gasteiger partial charge in [-0.1, -0.05) is 48.5 Å². The van der Waals surface area contributed by atoms with Gasteiger partial charge in [0.05, 0.1) is 24.6 Å². The van der Waals surface area contributed by atoms with E-state index in [0.29, 0.717) is 12.1 Å². The maximum atomic E-state index is 13.0. The summed E-state index contributed by atoms with van der Waals surface area (Å²) in [4.78, 5) is 16.3. The number of ether oxygens (including phenoxy) is 1. The van der Waals surface area contributed by atoms with Crippen molar-refractivity contribution in [2.24, 2.45) is 0 Å². The Morgan fingerprint density at radius 3 is 2.58 bits per heavy atom. The van der Waals surface area contributed by atoms with Crippen LogP contribution in [0.1, 0.15) is 27.4 Å². The Morgan fingerprint density at radius 1 is 1.03 bits per heavy atom. The molecule has 6 nitrogen and oxygen atoms in total. The van der Waals surface area contributed by atoms with Crippen molar-refractivity contribution in [2.75, 3.05) is 13.7 Å². The van der Waals surface area contributed by atoms with Crippen LogP contribution >= 0.6 is 0 Å². The zero-order chi connectivity index (χ0) is 22.6. The van der Waals surface area contributed by atoms with E-state index in [1.54, 1.807) is 24.2 Å². The second-order valence-corrected chi connectivity index (χ2v) is 7.83. The molecule has 3 aromatic carbocycles. The Morgan fingerprint density at radius 2 is 1.79 bits per heavy atom. The number of benzene rings is 3. The minimum atomic E-state index is -0.157. The molecule has 0 fully saturated rings. The molecule has 5 rings (SSSR count). The Balaban J connectivity index is 1.40. The first-order valence-electron chi connectivity index (χ1n) is 10.8. The normalized spacial score (nSPS) is 11.9. The van der Waals surface area contributed by atoms with Crippen LogP contribution in [0, 0.1) is 0 Å². The number of aromatic nitrogens is 3. The third-order valence-electron chi connectivity index (χ3n) is 5.85. The lowest BCUT2D eigenvalue weighted by molar-refractivity contribution is 0.0952. The second-order valence-electron chi connectivity index (χ2n) is 7.83. The van der Waals surface area contributed by atoms with Gasteiger partial charge in [0.1, 0.15) is 5.75 Å². The summed E-state index contributed by atoms with van der Waals surface area (Å²) in [6.45, 7) is 0.448. The number of carbonyl (C=O) groups is 1. The molecular weight excluding hydrogens is 412 g/mol. The molecule has 164 valence electrons. The van der Waals surface area contributed by atoms with Crippen LogP contribution in [0.25, 0.3) is 16.6 Å². The van der Waals surface area contributed by atoms with Gasteiger partial charge in [-0.15, -0.1) is 0 Å². The van der Waals surface area contributed by atoms with E-state index in [-0.39, 0.29) is 11.8 Å². The summed E-state index contributed by atoms with van der Waals surface area (Å²) < 4.78 is 7.02. The molecular formula is C27H24N4O2. The summed E-state index contributed by atoms with van der Waals surface area (Å²) in [7, 11) is 1.65. The first-order valence-corrected chi connectivity index (χ1v) is 10.8. The van der Waals surface area contributed by atoms with E-state index in [9.17, 15) is 4.79 Å². The largest absolute Gasteiger partial charge is 0.497 e. The number of aromatic amines is 1. The number of rotatable bonds is 7. The highest BCUT2D eigenvalue weighted by Gasteiger charge is 2.20. The van der Waals surface area contributed by atoms with Gasteiger partial charge >= 0.3 is 0 Å². The molecule has 0 aliphatic carbocycles. The predicted molar refractivity (Wildman–Crippen MR) is 129 cm³/mol. The number of methoxy groups -OCH3 is 1. The topological polar surface area (TPSA) is 71.9 Å². The maximum absolute atomic E-state index is 13.0. The van der Waals surface area contributed by atoms with E-state index in [0.717, 1.165) is 33.5 Å². The van der Waals surface area contributed by atoms with Crippen LogP contribution in [-0.2, 0) is 0 Å². The number of nitrogens with zero attached hydrogens (tertiary/aromatic N) is 2. The van der Waals surface area contributed by atoms with Crippen LogP contribution in [0.15, 0.2) is 97.5 Å². The Bertz CT molecular complexity index is 1370. The smallest absolute Gasteiger partial charge is 0.254 e. The van der Waals surface area contributed by atoms with E-state index >= 15 is 0 Å². The minimum absolute atomic E-state index is 0.0276. The standard InChI is InChI=1S/C27H24N4O2/c1-33-22-13-11-19(12-14-22)24(25-17-28-26-10-6-5-9-23(25)26)16-29-27(32)20-15-30-31(18-20)21-7-3-2-4-8-21/h2-15,17-18,24,28H,16H2,1H3,(H,29,32). The van der Waals surface area contributed by atoms with Gasteiger partial charge in [0.2, 0.25) is 0 Å². The fourth-order valence-electron chi connectivity index (χ4n) is 4.08. The zero-order valence-electron chi connectivity index (χ0n) is 18.2. The molecule has 33 heavy (non-hydrogen) atoms. The van der Waals surface area contributed by atoms with Crippen molar-refractivity contribution in [3.05, 3.63) is 114 Å². The van der Waals surface area contributed by atoms with Crippen LogP contribution in [0.2, 0.25) is 0 Å². The summed E-state index contributed by atoms with van der Waals surface area (Å²) in [5, 5.41) is 8.59. The fraction of sp³-hybridized carbons (Fsp3) is 0.111. The van der Waals surface area contributed by atoms with Crippen LogP contribution in [0.4, 0.5) is 0 Å². The van der Waals surface area contributed by atoms with Crippen molar-refractivity contribution >= 4 is 16.8 Å². The lowest BCUT2D eigenvalue weighted by Gasteiger charge is -2.18. The third kappa shape index (κ3) is 4.23. The second kappa shape index (κ2) is 9.04. The summed E-state index contributed by atoms with van der Waals surface area (Å²) in [6, 6.07) is 25.9. The Kier molecular flexibility index (Phi) is 5.64. The Labute approximate surface area is 191 Å². The van der Waals surface area contributed by atoms with Gasteiger partial charge < -0.3 is 15.0 Å². The summed E-state index contributed by atoms with van der Waals surface area (Å²) in [5.74, 6) is 0.615. The van der Waals surface area contributed by atoms with Crippen molar-refractivity contribution in [3.63, 3.8) is 0 Å². The van der Waals surface area contributed by atoms with E-state index in [1.165, 1.54) is 0 Å². The number of nitrogens with one attached hydrogen (secondary N) is 2. The van der Waals surface area contributed by atoms with Crippen LogP contribution < -0.4 is 10.1 Å². The first kappa shape index (κ1) is 20.6. The van der Waals surface area contributed by atoms with E-state index in [1.807, 2.05) is 72.9 Å². The Hall–Kier alpha value is -4.32. The lowest BCUT2D eigenvalue weighted by atomic mass is 9.90. The number of hydrogen-bond donors (Lipinski definition) is 2. The van der Waals surface area contributed by atoms with Crippen molar-refractivity contribution in [1.29, 1.82) is 0 Å². The van der Waals surface area contributed by atoms with E-state index < -0.39 is 0 Å². The highest BCUT2D eigenvalue weighted by atomic mass is 16.5. The van der Waals surface area contributed by atoms with Gasteiger partial charge in [-0.05, 0) is 41.5 Å². The molecule has 0 saturated heterocycles. The molecule has 1 unspecified atom stereocenters. The van der Waals surface area contributed by atoms with Crippen molar-refractivity contribution < 1.29 is 9.53 Å². The summed E-state index contributed by atoms with van der Waals surface area (Å²) >= 11 is 0. The molecule has 2 aromatic heterocycles. The number of para-hydroxylation sites is 2. The minimum Gasteiger partial charge on any atom is -0.497 e. The number of amides is 1. The van der Waals surface area contributed by atoms with Gasteiger partial charge in [-0.2, -0.15) is 5.10 Å². The van der Waals surface area contributed by atoms with Gasteiger partial charge in [0.25, 0.3) is 5.91 Å². The monoisotopic (exact) mass is 436 g/mol. The number of carbonyl (C=O) groups excluding carboxylic acids is 1. The molecule has 6 heteroatoms. The molecule has 0 spiro atoms. The quantitative estimate of drug-likeness (QED) is 0.380. The van der Waals surface area contributed by atoms with Crippen LogP contribution in [0.5, 0.6) is 5.75 Å². The van der Waals surface area contributed by atoms with Crippen LogP contribution in [-0.4, -0.2) is 34.3 Å². The fourth-order valence-corrected chi connectivity index (χ4v) is 4.08. The highest BCUT2D eigenvalue weighted by Crippen LogP contribution is 2.31. The molecule has 0 aliphatic heterocycles. The molecule has 2 heterocycles. The van der Waals surface area contributed by atoms with E-state index in [4.69, 9.17) is 4.74 Å². The predicted octanol–water partition coefficient (Wildman–Crippen LogP) is 4.92. The van der Waals surface area contributed by atoms with Crippen LogP contribution in [0.3, 0.4) is 0 Å². The molecule has 1 amide bonds. The van der Waals surface area contributed by atoms with Gasteiger partial charge in [0, 0.05) is 35.8 Å². The number of hydrogen-bond acceptors (Lipinski definition) is 3. The number of H-pyrrole nitrogens is 1. The SMILES string of the molecule is COc1ccc(C(CNC(=O)c2cnn(-c3ccccc3)c2)c2c[nH]c3ccccc23)cc1. The van der Waals surface area contributed by atoms with Gasteiger partial charge in [-0.3, -0.25) is 4.79 Å². The molecule has 0 saturated carbocycles. The summed E-state index contributed by atoms with van der Waals surface area (Å²) in [5.41, 5.74) is 4.73. The lowest BCUT2D eigenvalue weighted by Crippen LogP contribution is -2.28. The van der Waals surface area contributed by atoms with Crippen molar-refractivity contribution in [1.82, 2.24) is 20.1 Å². The van der Waals surface area contributed by atoms with Crippen molar-refractivity contribution in [3.8, 4) is 11.4 Å². The van der Waals surface area contributed by atoms with Gasteiger partial charge in [0.15, 0.2) is 0 Å². The molecule has 1 atom stereocenters. The zero-order valence-corrected chi connectivity index (χ0v) is 18.2. The average molecular weight is 437 g/mol. The molecule has 0 bridgehead atoms. The van der Waals surface area contributed by atoms with Gasteiger partial charge in [-0.25, -0.2) is 4.68 Å². The molecule has 2 N–H and O–H groups in total. The molecule has 0 aliphatic rings. The van der Waals surface area contributed by atoms with E-state index in [2.05, 4.69) is 27.5 Å². The summed E-state index contributed by atoms with van der Waals surface area (Å²) in [6.07, 6.45) is 5.37. The molecule has 0 radical (unpaired) electrons. The molecule has 5 aromatic rings. The van der Waals surface area contributed by atoms with Crippen molar-refractivity contribution in [2.45, 2.75) is 5.92 Å². The first-order chi connectivity index (χ1) is 16.2. The highest BCUT2D eigenvalue weighted by molar-refractivity contribution is 5.94. The number of fused-ring (bicyclic) bond motifs is 1. The third-order valence-corrected chi connectivity index (χ3v) is 5.85. The maximum Gasteiger partial charge on any atom is 0.254 e.